The number of ether oxygens (including phenoxy) is 1. The first-order valence-corrected chi connectivity index (χ1v) is 5.19. The van der Waals surface area contributed by atoms with Crippen molar-refractivity contribution < 1.29 is 9.84 Å². The highest BCUT2D eigenvalue weighted by Gasteiger charge is 1.94. The molecular formula is C14H16O2. The Morgan fingerprint density at radius 1 is 0.812 bits per heavy atom. The van der Waals surface area contributed by atoms with Crippen LogP contribution in [0.3, 0.4) is 0 Å². The first kappa shape index (κ1) is 12.3. The molecule has 0 heterocycles. The molecule has 0 spiro atoms. The van der Waals surface area contributed by atoms with Crippen molar-refractivity contribution in [3.05, 3.63) is 66.7 Å². The van der Waals surface area contributed by atoms with Crippen LogP contribution in [0.4, 0.5) is 0 Å². The number of aliphatic hydroxyl groups is 1. The molecule has 2 aromatic rings. The van der Waals surface area contributed by atoms with E-state index >= 15 is 0 Å². The Balaban J connectivity index is 0.000000181. The highest BCUT2D eigenvalue weighted by molar-refractivity contribution is 5.20. The van der Waals surface area contributed by atoms with Crippen LogP contribution in [0.5, 0.6) is 5.75 Å². The van der Waals surface area contributed by atoms with Crippen LogP contribution in [-0.4, -0.2) is 11.4 Å². The van der Waals surface area contributed by atoms with E-state index in [-0.39, 0.29) is 0 Å². The summed E-state index contributed by atoms with van der Waals surface area (Å²) in [6, 6.07) is 21.2. The first-order chi connectivity index (χ1) is 7.79. The fourth-order valence-corrected chi connectivity index (χ4v) is 1.08. The van der Waals surface area contributed by atoms with Gasteiger partial charge in [-0.05, 0) is 19.1 Å². The van der Waals surface area contributed by atoms with Crippen molar-refractivity contribution >= 4 is 0 Å². The Bertz CT molecular complexity index is 330. The Labute approximate surface area is 96.1 Å². The van der Waals surface area contributed by atoms with Crippen LogP contribution in [0.1, 0.15) is 6.92 Å². The second kappa shape index (κ2) is 7.49. The van der Waals surface area contributed by atoms with Gasteiger partial charge in [-0.25, -0.2) is 0 Å². The third-order valence-electron chi connectivity index (χ3n) is 1.72. The van der Waals surface area contributed by atoms with Gasteiger partial charge in [0.2, 0.25) is 0 Å². The summed E-state index contributed by atoms with van der Waals surface area (Å²) in [5.74, 6) is 0.692. The van der Waals surface area contributed by atoms with E-state index in [0.29, 0.717) is 5.75 Å². The lowest BCUT2D eigenvalue weighted by molar-refractivity contribution is -0.000287. The highest BCUT2D eigenvalue weighted by atomic mass is 16.6. The van der Waals surface area contributed by atoms with Crippen LogP contribution in [0.25, 0.3) is 0 Å². The van der Waals surface area contributed by atoms with E-state index in [1.807, 2.05) is 54.6 Å². The quantitative estimate of drug-likeness (QED) is 0.782. The minimum atomic E-state index is -0.734. The zero-order valence-electron chi connectivity index (χ0n) is 9.28. The fraction of sp³-hybridized carbons (Fsp3) is 0.143. The minimum Gasteiger partial charge on any atom is -0.465 e. The van der Waals surface area contributed by atoms with Crippen molar-refractivity contribution in [1.82, 2.24) is 0 Å². The lowest BCUT2D eigenvalue weighted by Crippen LogP contribution is -2.08. The fourth-order valence-electron chi connectivity index (χ4n) is 1.08. The second-order valence-corrected chi connectivity index (χ2v) is 3.18. The summed E-state index contributed by atoms with van der Waals surface area (Å²) in [6.45, 7) is 1.58. The third kappa shape index (κ3) is 5.83. The molecule has 0 saturated carbocycles. The molecule has 84 valence electrons. The van der Waals surface area contributed by atoms with Crippen molar-refractivity contribution in [2.24, 2.45) is 0 Å². The van der Waals surface area contributed by atoms with Crippen molar-refractivity contribution in [2.75, 3.05) is 0 Å². The molecule has 0 aromatic heterocycles. The molecule has 1 unspecified atom stereocenters. The molecule has 2 nitrogen and oxygen atoms in total. The molecule has 1 N–H and O–H groups in total. The van der Waals surface area contributed by atoms with Gasteiger partial charge in [-0.3, -0.25) is 0 Å². The van der Waals surface area contributed by atoms with E-state index in [1.54, 1.807) is 19.1 Å². The SMILES string of the molecule is CC(O)Oc1ccccc1.c1ccccc1. The van der Waals surface area contributed by atoms with E-state index in [9.17, 15) is 0 Å². The molecule has 0 fully saturated rings. The summed E-state index contributed by atoms with van der Waals surface area (Å²) in [4.78, 5) is 0. The highest BCUT2D eigenvalue weighted by Crippen LogP contribution is 2.09. The first-order valence-electron chi connectivity index (χ1n) is 5.19. The minimum absolute atomic E-state index is 0.692. The number of aliphatic hydroxyl groups excluding tert-OH is 1. The van der Waals surface area contributed by atoms with Gasteiger partial charge in [-0.15, -0.1) is 0 Å². The zero-order valence-corrected chi connectivity index (χ0v) is 9.28. The molecule has 0 saturated heterocycles. The van der Waals surface area contributed by atoms with E-state index in [1.165, 1.54) is 0 Å². The van der Waals surface area contributed by atoms with Gasteiger partial charge >= 0.3 is 0 Å². The van der Waals surface area contributed by atoms with E-state index < -0.39 is 6.29 Å². The van der Waals surface area contributed by atoms with Gasteiger partial charge in [0.25, 0.3) is 0 Å². The van der Waals surface area contributed by atoms with E-state index in [2.05, 4.69) is 0 Å². The molecular weight excluding hydrogens is 200 g/mol. The van der Waals surface area contributed by atoms with Gasteiger partial charge in [0, 0.05) is 0 Å². The van der Waals surface area contributed by atoms with Crippen LogP contribution in [0.2, 0.25) is 0 Å². The second-order valence-electron chi connectivity index (χ2n) is 3.18. The molecule has 0 aliphatic carbocycles. The lowest BCUT2D eigenvalue weighted by atomic mass is 10.3. The number of rotatable bonds is 2. The number of hydrogen-bond acceptors (Lipinski definition) is 2. The lowest BCUT2D eigenvalue weighted by Gasteiger charge is -2.06. The van der Waals surface area contributed by atoms with Crippen LogP contribution in [-0.2, 0) is 0 Å². The summed E-state index contributed by atoms with van der Waals surface area (Å²) in [5, 5.41) is 8.78. The Morgan fingerprint density at radius 3 is 1.56 bits per heavy atom. The van der Waals surface area contributed by atoms with Gasteiger partial charge in [0.1, 0.15) is 5.75 Å². The van der Waals surface area contributed by atoms with Crippen molar-refractivity contribution in [2.45, 2.75) is 13.2 Å². The molecule has 0 bridgehead atoms. The summed E-state index contributed by atoms with van der Waals surface area (Å²) in [6.07, 6.45) is -0.734. The molecule has 16 heavy (non-hydrogen) atoms. The maximum Gasteiger partial charge on any atom is 0.194 e. The Morgan fingerprint density at radius 2 is 1.19 bits per heavy atom. The molecule has 2 aromatic carbocycles. The number of para-hydroxylation sites is 1. The van der Waals surface area contributed by atoms with Gasteiger partial charge in [0.05, 0.1) is 0 Å². The topological polar surface area (TPSA) is 29.5 Å². The molecule has 0 amide bonds. The molecule has 0 radical (unpaired) electrons. The predicted octanol–water partition coefficient (Wildman–Crippen LogP) is 3.09. The molecule has 0 aliphatic rings. The summed E-state index contributed by atoms with van der Waals surface area (Å²) in [5.41, 5.74) is 0. The maximum absolute atomic E-state index is 8.78. The summed E-state index contributed by atoms with van der Waals surface area (Å²) in [7, 11) is 0. The largest absolute Gasteiger partial charge is 0.465 e. The standard InChI is InChI=1S/C8H10O2.C6H6/c1-7(9)10-8-5-3-2-4-6-8;1-2-4-6-5-3-1/h2-7,9H,1H3;1-6H. The van der Waals surface area contributed by atoms with Crippen LogP contribution in [0, 0.1) is 0 Å². The van der Waals surface area contributed by atoms with E-state index in [0.717, 1.165) is 0 Å². The average molecular weight is 216 g/mol. The molecule has 2 rings (SSSR count). The molecule has 1 atom stereocenters. The number of hydrogen-bond donors (Lipinski definition) is 1. The maximum atomic E-state index is 8.78. The van der Waals surface area contributed by atoms with Crippen LogP contribution < -0.4 is 4.74 Å². The number of benzene rings is 2. The summed E-state index contributed by atoms with van der Waals surface area (Å²) < 4.78 is 4.97. The Hall–Kier alpha value is -1.80. The molecule has 0 aliphatic heterocycles. The predicted molar refractivity (Wildman–Crippen MR) is 65.2 cm³/mol. The van der Waals surface area contributed by atoms with E-state index in [4.69, 9.17) is 9.84 Å². The van der Waals surface area contributed by atoms with Crippen LogP contribution in [0.15, 0.2) is 66.7 Å². The normalized spacial score (nSPS) is 10.9. The third-order valence-corrected chi connectivity index (χ3v) is 1.72. The monoisotopic (exact) mass is 216 g/mol. The van der Waals surface area contributed by atoms with Crippen molar-refractivity contribution in [3.63, 3.8) is 0 Å². The van der Waals surface area contributed by atoms with Crippen molar-refractivity contribution in [1.29, 1.82) is 0 Å². The smallest absolute Gasteiger partial charge is 0.194 e. The molecule has 2 heteroatoms. The van der Waals surface area contributed by atoms with Gasteiger partial charge in [-0.2, -0.15) is 0 Å². The van der Waals surface area contributed by atoms with Gasteiger partial charge in [0.15, 0.2) is 6.29 Å². The zero-order chi connectivity index (χ0) is 11.6. The summed E-state index contributed by atoms with van der Waals surface area (Å²) >= 11 is 0. The van der Waals surface area contributed by atoms with Crippen LogP contribution >= 0.6 is 0 Å². The Kier molecular flexibility index (Phi) is 5.74. The van der Waals surface area contributed by atoms with Gasteiger partial charge < -0.3 is 9.84 Å². The average Bonchev–Trinajstić information content (AvgIpc) is 2.32. The van der Waals surface area contributed by atoms with Gasteiger partial charge in [-0.1, -0.05) is 54.6 Å². The van der Waals surface area contributed by atoms with Crippen molar-refractivity contribution in [3.8, 4) is 5.75 Å².